The third-order valence-corrected chi connectivity index (χ3v) is 4.62. The van der Waals surface area contributed by atoms with Gasteiger partial charge in [0.15, 0.2) is 0 Å². The van der Waals surface area contributed by atoms with E-state index in [1.54, 1.807) is 11.1 Å². The van der Waals surface area contributed by atoms with Gasteiger partial charge in [-0.05, 0) is 73.4 Å². The number of rotatable bonds is 2. The highest BCUT2D eigenvalue weighted by Gasteiger charge is 2.22. The van der Waals surface area contributed by atoms with Crippen LogP contribution >= 0.6 is 0 Å². The Kier molecular flexibility index (Phi) is 3.25. The first kappa shape index (κ1) is 12.0. The van der Waals surface area contributed by atoms with Crippen molar-refractivity contribution in [1.82, 2.24) is 5.32 Å². The van der Waals surface area contributed by atoms with E-state index in [0.717, 1.165) is 5.92 Å². The van der Waals surface area contributed by atoms with Crippen LogP contribution in [0, 0.1) is 5.92 Å². The maximum Gasteiger partial charge on any atom is 0.0323 e. The summed E-state index contributed by atoms with van der Waals surface area (Å²) in [5.74, 6) is 0.869. The zero-order chi connectivity index (χ0) is 12.5. The normalized spacial score (nSPS) is 26.9. The average Bonchev–Trinajstić information content (AvgIpc) is 2.81. The van der Waals surface area contributed by atoms with Crippen LogP contribution < -0.4 is 5.32 Å². The number of fused-ring (bicyclic) bond motifs is 1. The molecule has 2 unspecified atom stereocenters. The van der Waals surface area contributed by atoms with E-state index in [9.17, 15) is 0 Å². The molecular weight excluding hydrogens is 218 g/mol. The van der Waals surface area contributed by atoms with E-state index in [1.165, 1.54) is 43.2 Å². The quantitative estimate of drug-likeness (QED) is 0.822. The molecule has 0 heterocycles. The van der Waals surface area contributed by atoms with Crippen LogP contribution in [0.3, 0.4) is 0 Å². The van der Waals surface area contributed by atoms with Gasteiger partial charge in [-0.2, -0.15) is 0 Å². The smallest absolute Gasteiger partial charge is 0.0323 e. The second-order valence-electron chi connectivity index (χ2n) is 5.90. The molecule has 96 valence electrons. The Morgan fingerprint density at radius 1 is 1.17 bits per heavy atom. The standard InChI is InChI=1S/C17H23N/c1-12-3-5-13(6-4-12)15-8-7-14-9-10-17(18-2)16(14)11-15/h5,7-8,11-12,17-18H,3-4,6,9-10H2,1-2H3. The van der Waals surface area contributed by atoms with Crippen molar-refractivity contribution in [1.29, 1.82) is 0 Å². The maximum atomic E-state index is 3.44. The Balaban J connectivity index is 1.91. The Morgan fingerprint density at radius 3 is 2.78 bits per heavy atom. The van der Waals surface area contributed by atoms with E-state index in [1.807, 2.05) is 0 Å². The minimum absolute atomic E-state index is 0.572. The molecule has 1 N–H and O–H groups in total. The van der Waals surface area contributed by atoms with Crippen LogP contribution in [0.4, 0.5) is 0 Å². The van der Waals surface area contributed by atoms with Crippen LogP contribution in [0.15, 0.2) is 24.3 Å². The SMILES string of the molecule is CNC1CCc2ccc(C3=CCC(C)CC3)cc21. The van der Waals surface area contributed by atoms with Gasteiger partial charge in [-0.3, -0.25) is 0 Å². The molecule has 1 aromatic rings. The van der Waals surface area contributed by atoms with Crippen molar-refractivity contribution < 1.29 is 0 Å². The van der Waals surface area contributed by atoms with Crippen LogP contribution in [0.2, 0.25) is 0 Å². The van der Waals surface area contributed by atoms with Gasteiger partial charge >= 0.3 is 0 Å². The summed E-state index contributed by atoms with van der Waals surface area (Å²) in [5, 5.41) is 3.44. The molecule has 0 amide bonds. The molecule has 0 bridgehead atoms. The molecule has 2 aliphatic carbocycles. The number of allylic oxidation sites excluding steroid dienone is 2. The van der Waals surface area contributed by atoms with Gasteiger partial charge in [-0.1, -0.05) is 25.1 Å². The van der Waals surface area contributed by atoms with Gasteiger partial charge in [0.1, 0.15) is 0 Å². The lowest BCUT2D eigenvalue weighted by molar-refractivity contribution is 0.534. The summed E-state index contributed by atoms with van der Waals surface area (Å²) in [6, 6.07) is 7.69. The molecule has 0 aromatic heterocycles. The minimum atomic E-state index is 0.572. The zero-order valence-electron chi connectivity index (χ0n) is 11.5. The monoisotopic (exact) mass is 241 g/mol. The maximum absolute atomic E-state index is 3.44. The lowest BCUT2D eigenvalue weighted by Crippen LogP contribution is -2.13. The number of hydrogen-bond donors (Lipinski definition) is 1. The second-order valence-corrected chi connectivity index (χ2v) is 5.90. The molecule has 2 atom stereocenters. The van der Waals surface area contributed by atoms with Crippen molar-refractivity contribution in [2.75, 3.05) is 7.05 Å². The van der Waals surface area contributed by atoms with Crippen molar-refractivity contribution >= 4 is 5.57 Å². The minimum Gasteiger partial charge on any atom is -0.313 e. The highest BCUT2D eigenvalue weighted by atomic mass is 14.9. The van der Waals surface area contributed by atoms with Gasteiger partial charge in [-0.15, -0.1) is 0 Å². The molecule has 0 radical (unpaired) electrons. The molecule has 0 aliphatic heterocycles. The topological polar surface area (TPSA) is 12.0 Å². The summed E-state index contributed by atoms with van der Waals surface area (Å²) in [7, 11) is 2.08. The van der Waals surface area contributed by atoms with Crippen molar-refractivity contribution in [3.63, 3.8) is 0 Å². The van der Waals surface area contributed by atoms with Gasteiger partial charge in [0, 0.05) is 6.04 Å². The summed E-state index contributed by atoms with van der Waals surface area (Å²) in [6.07, 6.45) is 8.80. The van der Waals surface area contributed by atoms with Crippen molar-refractivity contribution in [2.24, 2.45) is 5.92 Å². The van der Waals surface area contributed by atoms with Crippen LogP contribution in [-0.4, -0.2) is 7.05 Å². The molecular formula is C17H23N. The zero-order valence-corrected chi connectivity index (χ0v) is 11.5. The van der Waals surface area contributed by atoms with Crippen molar-refractivity contribution in [3.05, 3.63) is 41.0 Å². The highest BCUT2D eigenvalue weighted by Crippen LogP contribution is 2.35. The molecule has 0 spiro atoms. The summed E-state index contributed by atoms with van der Waals surface area (Å²) in [4.78, 5) is 0. The molecule has 0 saturated heterocycles. The Bertz CT molecular complexity index is 472. The van der Waals surface area contributed by atoms with E-state index < -0.39 is 0 Å². The molecule has 1 heteroatoms. The fraction of sp³-hybridized carbons (Fsp3) is 0.529. The Morgan fingerprint density at radius 2 is 2.06 bits per heavy atom. The molecule has 2 aliphatic rings. The summed E-state index contributed by atoms with van der Waals surface area (Å²) >= 11 is 0. The van der Waals surface area contributed by atoms with Crippen LogP contribution in [-0.2, 0) is 6.42 Å². The second kappa shape index (κ2) is 4.89. The molecule has 1 aromatic carbocycles. The first-order chi connectivity index (χ1) is 8.78. The summed E-state index contributed by atoms with van der Waals surface area (Å²) < 4.78 is 0. The molecule has 0 saturated carbocycles. The fourth-order valence-electron chi connectivity index (χ4n) is 3.33. The largest absolute Gasteiger partial charge is 0.313 e. The summed E-state index contributed by atoms with van der Waals surface area (Å²) in [5.41, 5.74) is 6.11. The number of hydrogen-bond acceptors (Lipinski definition) is 1. The predicted octanol–water partition coefficient (Wildman–Crippen LogP) is 4.10. The Labute approximate surface area is 110 Å². The number of nitrogens with one attached hydrogen (secondary N) is 1. The van der Waals surface area contributed by atoms with Crippen LogP contribution in [0.1, 0.15) is 55.3 Å². The van der Waals surface area contributed by atoms with Gasteiger partial charge < -0.3 is 5.32 Å². The first-order valence-electron chi connectivity index (χ1n) is 7.27. The predicted molar refractivity (Wildman–Crippen MR) is 77.6 cm³/mol. The lowest BCUT2D eigenvalue weighted by Gasteiger charge is -2.19. The summed E-state index contributed by atoms with van der Waals surface area (Å²) in [6.45, 7) is 2.35. The number of benzene rings is 1. The first-order valence-corrected chi connectivity index (χ1v) is 7.27. The number of aryl methyl sites for hydroxylation is 1. The van der Waals surface area contributed by atoms with E-state index in [2.05, 4.69) is 43.6 Å². The third-order valence-electron chi connectivity index (χ3n) is 4.62. The molecule has 0 fully saturated rings. The molecule has 3 rings (SSSR count). The van der Waals surface area contributed by atoms with Crippen LogP contribution in [0.5, 0.6) is 0 Å². The van der Waals surface area contributed by atoms with E-state index in [0.29, 0.717) is 6.04 Å². The van der Waals surface area contributed by atoms with E-state index in [-0.39, 0.29) is 0 Å². The average molecular weight is 241 g/mol. The van der Waals surface area contributed by atoms with Gasteiger partial charge in [0.2, 0.25) is 0 Å². The highest BCUT2D eigenvalue weighted by molar-refractivity contribution is 5.67. The van der Waals surface area contributed by atoms with Crippen LogP contribution in [0.25, 0.3) is 5.57 Å². The van der Waals surface area contributed by atoms with Gasteiger partial charge in [-0.25, -0.2) is 0 Å². The molecule has 1 nitrogen and oxygen atoms in total. The van der Waals surface area contributed by atoms with Gasteiger partial charge in [0.05, 0.1) is 0 Å². The lowest BCUT2D eigenvalue weighted by atomic mass is 9.87. The molecule has 18 heavy (non-hydrogen) atoms. The third kappa shape index (κ3) is 2.12. The van der Waals surface area contributed by atoms with E-state index in [4.69, 9.17) is 0 Å². The Hall–Kier alpha value is -1.08. The van der Waals surface area contributed by atoms with Crippen molar-refractivity contribution in [2.45, 2.75) is 45.1 Å². The van der Waals surface area contributed by atoms with Crippen molar-refractivity contribution in [3.8, 4) is 0 Å². The fourth-order valence-corrected chi connectivity index (χ4v) is 3.33. The van der Waals surface area contributed by atoms with Gasteiger partial charge in [0.25, 0.3) is 0 Å². The van der Waals surface area contributed by atoms with E-state index >= 15 is 0 Å².